The molecular weight excluding hydrogens is 296 g/mol. The molecule has 0 saturated carbocycles. The van der Waals surface area contributed by atoms with Gasteiger partial charge < -0.3 is 4.90 Å². The lowest BCUT2D eigenvalue weighted by Crippen LogP contribution is -2.37. The Morgan fingerprint density at radius 2 is 2.25 bits per heavy atom. The fraction of sp³-hybridized carbons (Fsp3) is 0.692. The van der Waals surface area contributed by atoms with Gasteiger partial charge in [0.05, 0.1) is 17.5 Å². The Morgan fingerprint density at radius 1 is 1.55 bits per heavy atom. The summed E-state index contributed by atoms with van der Waals surface area (Å²) in [7, 11) is -2.96. The molecule has 0 N–H and O–H groups in total. The van der Waals surface area contributed by atoms with Gasteiger partial charge in [-0.1, -0.05) is 31.7 Å². The normalized spacial score (nSPS) is 29.9. The number of hydrogen-bond acceptors (Lipinski definition) is 4. The topological polar surface area (TPSA) is 66.8 Å². The van der Waals surface area contributed by atoms with Crippen LogP contribution in [0.5, 0.6) is 0 Å². The molecule has 2 atom stereocenters. The van der Waals surface area contributed by atoms with E-state index in [2.05, 4.69) is 11.6 Å². The van der Waals surface area contributed by atoms with E-state index in [1.54, 1.807) is 6.08 Å². The van der Waals surface area contributed by atoms with E-state index in [1.165, 1.54) is 11.8 Å². The lowest BCUT2D eigenvalue weighted by atomic mass is 10.1. The maximum atomic E-state index is 11.8. The van der Waals surface area contributed by atoms with E-state index in [0.29, 0.717) is 18.1 Å². The van der Waals surface area contributed by atoms with E-state index in [0.717, 1.165) is 0 Å². The predicted octanol–water partition coefficient (Wildman–Crippen LogP) is 1.32. The molecule has 0 unspecified atom stereocenters. The molecule has 0 aromatic heterocycles. The first kappa shape index (κ1) is 15.6. The molecule has 20 heavy (non-hydrogen) atoms. The van der Waals surface area contributed by atoms with Gasteiger partial charge in [-0.25, -0.2) is 8.42 Å². The van der Waals surface area contributed by atoms with Gasteiger partial charge in [-0.3, -0.25) is 4.79 Å². The van der Waals surface area contributed by atoms with Crippen LogP contribution in [0.4, 0.5) is 0 Å². The number of hydrogen-bond donors (Lipinski definition) is 0. The number of thioether (sulfide) groups is 1. The van der Waals surface area contributed by atoms with Crippen LogP contribution in [-0.4, -0.2) is 53.7 Å². The fourth-order valence-electron chi connectivity index (χ4n) is 2.49. The number of fused-ring (bicyclic) bond motifs is 1. The van der Waals surface area contributed by atoms with Crippen molar-refractivity contribution in [2.75, 3.05) is 18.1 Å². The van der Waals surface area contributed by atoms with Gasteiger partial charge in [0.1, 0.15) is 0 Å². The van der Waals surface area contributed by atoms with Gasteiger partial charge in [-0.15, -0.1) is 6.58 Å². The van der Waals surface area contributed by atoms with E-state index in [4.69, 9.17) is 0 Å². The summed E-state index contributed by atoms with van der Waals surface area (Å²) in [6, 6.07) is -0.0754. The van der Waals surface area contributed by atoms with Crippen molar-refractivity contribution in [3.05, 3.63) is 12.7 Å². The van der Waals surface area contributed by atoms with Gasteiger partial charge in [0, 0.05) is 18.2 Å². The zero-order valence-corrected chi connectivity index (χ0v) is 13.4. The molecule has 2 fully saturated rings. The van der Waals surface area contributed by atoms with Gasteiger partial charge >= 0.3 is 0 Å². The van der Waals surface area contributed by atoms with Gasteiger partial charge in [0.2, 0.25) is 5.91 Å². The largest absolute Gasteiger partial charge is 0.342 e. The number of nitrogens with zero attached hydrogens (tertiary/aromatic N) is 2. The Balaban J connectivity index is 2.17. The summed E-state index contributed by atoms with van der Waals surface area (Å²) in [5, 5.41) is 0.644. The second kappa shape index (κ2) is 5.89. The van der Waals surface area contributed by atoms with Gasteiger partial charge in [0.25, 0.3) is 0 Å². The number of aliphatic imine (C=N–C) groups is 1. The van der Waals surface area contributed by atoms with Crippen molar-refractivity contribution in [2.24, 2.45) is 10.9 Å². The first-order chi connectivity index (χ1) is 9.32. The monoisotopic (exact) mass is 316 g/mol. The molecule has 112 valence electrons. The van der Waals surface area contributed by atoms with Gasteiger partial charge in [-0.05, 0) is 5.92 Å². The minimum absolute atomic E-state index is 0.00875. The lowest BCUT2D eigenvalue weighted by molar-refractivity contribution is -0.118. The van der Waals surface area contributed by atoms with Crippen LogP contribution in [0.3, 0.4) is 0 Å². The van der Waals surface area contributed by atoms with Crippen LogP contribution in [0.25, 0.3) is 0 Å². The van der Waals surface area contributed by atoms with E-state index < -0.39 is 9.84 Å². The molecule has 0 aromatic rings. The number of amidine groups is 1. The van der Waals surface area contributed by atoms with E-state index in [9.17, 15) is 13.2 Å². The predicted molar refractivity (Wildman–Crippen MR) is 82.6 cm³/mol. The number of carbonyl (C=O) groups excluding carboxylic acids is 1. The highest BCUT2D eigenvalue weighted by Gasteiger charge is 2.48. The molecule has 2 saturated heterocycles. The third-order valence-corrected chi connectivity index (χ3v) is 6.55. The molecule has 0 bridgehead atoms. The molecule has 0 aliphatic carbocycles. The number of carbonyl (C=O) groups is 1. The minimum Gasteiger partial charge on any atom is -0.342 e. The number of rotatable bonds is 4. The van der Waals surface area contributed by atoms with Crippen LogP contribution in [-0.2, 0) is 14.6 Å². The molecule has 2 aliphatic heterocycles. The Labute approximate surface area is 124 Å². The lowest BCUT2D eigenvalue weighted by Gasteiger charge is -2.22. The number of amides is 1. The van der Waals surface area contributed by atoms with E-state index in [-0.39, 0.29) is 34.6 Å². The van der Waals surface area contributed by atoms with Crippen LogP contribution in [0.1, 0.15) is 20.3 Å². The maximum Gasteiger partial charge on any atom is 0.248 e. The zero-order chi connectivity index (χ0) is 14.9. The third-order valence-electron chi connectivity index (χ3n) is 3.30. The maximum absolute atomic E-state index is 11.8. The SMILES string of the molecule is C=CCN1C(=NC(=O)CC(C)C)S[C@H]2CS(=O)(=O)C[C@@H]21. The third kappa shape index (κ3) is 3.44. The van der Waals surface area contributed by atoms with Crippen molar-refractivity contribution in [1.29, 1.82) is 0 Å². The van der Waals surface area contributed by atoms with Crippen LogP contribution in [0, 0.1) is 5.92 Å². The van der Waals surface area contributed by atoms with Crippen LogP contribution in [0.15, 0.2) is 17.6 Å². The summed E-state index contributed by atoms with van der Waals surface area (Å²) in [5.74, 6) is 0.453. The molecule has 7 heteroatoms. The van der Waals surface area contributed by atoms with E-state index >= 15 is 0 Å². The van der Waals surface area contributed by atoms with Crippen molar-refractivity contribution < 1.29 is 13.2 Å². The quantitative estimate of drug-likeness (QED) is 0.732. The molecule has 2 aliphatic rings. The van der Waals surface area contributed by atoms with E-state index in [1.807, 2.05) is 18.7 Å². The first-order valence-corrected chi connectivity index (χ1v) is 9.38. The van der Waals surface area contributed by atoms with Crippen molar-refractivity contribution in [3.8, 4) is 0 Å². The molecule has 2 heterocycles. The Morgan fingerprint density at radius 3 is 2.85 bits per heavy atom. The van der Waals surface area contributed by atoms with Crippen LogP contribution >= 0.6 is 11.8 Å². The second-order valence-electron chi connectivity index (χ2n) is 5.63. The zero-order valence-electron chi connectivity index (χ0n) is 11.8. The average molecular weight is 316 g/mol. The first-order valence-electron chi connectivity index (χ1n) is 6.68. The fourth-order valence-corrected chi connectivity index (χ4v) is 6.47. The van der Waals surface area contributed by atoms with Crippen LogP contribution < -0.4 is 0 Å². The Bertz CT molecular complexity index is 540. The minimum atomic E-state index is -2.96. The highest BCUT2D eigenvalue weighted by atomic mass is 32.2. The highest BCUT2D eigenvalue weighted by Crippen LogP contribution is 2.38. The summed E-state index contributed by atoms with van der Waals surface area (Å²) in [4.78, 5) is 17.9. The smallest absolute Gasteiger partial charge is 0.248 e. The van der Waals surface area contributed by atoms with Gasteiger partial charge in [0.15, 0.2) is 15.0 Å². The summed E-state index contributed by atoms with van der Waals surface area (Å²) in [6.45, 7) is 8.17. The van der Waals surface area contributed by atoms with Gasteiger partial charge in [-0.2, -0.15) is 4.99 Å². The molecule has 0 spiro atoms. The van der Waals surface area contributed by atoms with Crippen molar-refractivity contribution >= 4 is 32.7 Å². The highest BCUT2D eigenvalue weighted by molar-refractivity contribution is 8.15. The summed E-state index contributed by atoms with van der Waals surface area (Å²) in [5.41, 5.74) is 0. The molecule has 1 amide bonds. The molecule has 0 radical (unpaired) electrons. The number of sulfone groups is 1. The van der Waals surface area contributed by atoms with Crippen LogP contribution in [0.2, 0.25) is 0 Å². The summed E-state index contributed by atoms with van der Waals surface area (Å²) < 4.78 is 23.4. The standard InChI is InChI=1S/C13H20N2O3S2/c1-4-5-15-10-7-20(17,18)8-11(10)19-13(15)14-12(16)6-9(2)3/h4,9-11H,1,5-8H2,2-3H3/t10-,11-/m0/s1. The summed E-state index contributed by atoms with van der Waals surface area (Å²) >= 11 is 1.42. The van der Waals surface area contributed by atoms with Crippen molar-refractivity contribution in [2.45, 2.75) is 31.6 Å². The molecule has 5 nitrogen and oxygen atoms in total. The summed E-state index contributed by atoms with van der Waals surface area (Å²) in [6.07, 6.45) is 2.13. The molecule has 0 aromatic carbocycles. The second-order valence-corrected chi connectivity index (χ2v) is 8.99. The average Bonchev–Trinajstić information content (AvgIpc) is 2.72. The Kier molecular flexibility index (Phi) is 4.59. The van der Waals surface area contributed by atoms with Crippen molar-refractivity contribution in [1.82, 2.24) is 4.90 Å². The Hall–Kier alpha value is -0.820. The molecule has 2 rings (SSSR count). The molecular formula is C13H20N2O3S2. The van der Waals surface area contributed by atoms with Crippen molar-refractivity contribution in [3.63, 3.8) is 0 Å².